The molecule has 1 aliphatic rings. The van der Waals surface area contributed by atoms with Gasteiger partial charge in [-0.1, -0.05) is 12.1 Å². The Kier molecular flexibility index (Phi) is 4.58. The first kappa shape index (κ1) is 18.4. The Morgan fingerprint density at radius 3 is 2.97 bits per heavy atom. The van der Waals surface area contributed by atoms with E-state index in [1.54, 1.807) is 18.2 Å². The quantitative estimate of drug-likeness (QED) is 0.571. The zero-order chi connectivity index (χ0) is 20.4. The fourth-order valence-corrected chi connectivity index (χ4v) is 3.02. The third kappa shape index (κ3) is 3.59. The molecule has 3 aromatic rings. The van der Waals surface area contributed by atoms with Crippen molar-refractivity contribution >= 4 is 34.5 Å². The average Bonchev–Trinajstić information content (AvgIpc) is 3.28. The van der Waals surface area contributed by atoms with Crippen LogP contribution in [0.2, 0.25) is 0 Å². The van der Waals surface area contributed by atoms with Crippen molar-refractivity contribution in [3.05, 3.63) is 48.5 Å². The summed E-state index contributed by atoms with van der Waals surface area (Å²) in [6.07, 6.45) is 1.43. The molecule has 1 atom stereocenters. The Labute approximate surface area is 164 Å². The number of nitrogens with zero attached hydrogens (tertiary/aromatic N) is 4. The second-order valence-corrected chi connectivity index (χ2v) is 6.46. The molecule has 1 fully saturated rings. The molecule has 10 nitrogen and oxygen atoms in total. The van der Waals surface area contributed by atoms with E-state index in [9.17, 15) is 14.7 Å². The summed E-state index contributed by atoms with van der Waals surface area (Å²) in [5.41, 5.74) is -0.267. The number of pyridine rings is 1. The summed E-state index contributed by atoms with van der Waals surface area (Å²) >= 11 is 0. The van der Waals surface area contributed by atoms with Crippen LogP contribution in [0.4, 0.5) is 16.3 Å². The molecule has 10 heteroatoms. The lowest BCUT2D eigenvalue weighted by molar-refractivity contribution is -0.128. The minimum atomic E-state index is -2.02. The monoisotopic (exact) mass is 392 g/mol. The number of nitriles is 1. The van der Waals surface area contributed by atoms with Gasteiger partial charge in [-0.15, -0.1) is 0 Å². The predicted molar refractivity (Wildman–Crippen MR) is 102 cm³/mol. The number of carbonyl (C=O) groups is 2. The Morgan fingerprint density at radius 2 is 2.21 bits per heavy atom. The molecule has 2 aromatic heterocycles. The Morgan fingerprint density at radius 1 is 1.38 bits per heavy atom. The highest BCUT2D eigenvalue weighted by Crippen LogP contribution is 2.28. The lowest BCUT2D eigenvalue weighted by atomic mass is 10.1. The molecule has 0 radical (unpaired) electrons. The lowest BCUT2D eigenvalue weighted by Gasteiger charge is -2.18. The summed E-state index contributed by atoms with van der Waals surface area (Å²) in [5.74, 6) is -0.128. The number of hydrogen-bond acceptors (Lipinski definition) is 7. The molecule has 4 rings (SSSR count). The van der Waals surface area contributed by atoms with E-state index in [0.717, 1.165) is 0 Å². The van der Waals surface area contributed by atoms with Crippen LogP contribution in [0.15, 0.2) is 47.0 Å². The molecule has 29 heavy (non-hydrogen) atoms. The van der Waals surface area contributed by atoms with Crippen LogP contribution in [-0.2, 0) is 11.3 Å². The average molecular weight is 392 g/mol. The molecule has 1 aromatic carbocycles. The molecular weight excluding hydrogens is 376 g/mol. The van der Waals surface area contributed by atoms with E-state index in [0.29, 0.717) is 22.7 Å². The Balaban J connectivity index is 1.39. The van der Waals surface area contributed by atoms with E-state index in [1.807, 2.05) is 18.2 Å². The van der Waals surface area contributed by atoms with Crippen LogP contribution in [-0.4, -0.2) is 39.2 Å². The van der Waals surface area contributed by atoms with Crippen molar-refractivity contribution in [2.24, 2.45) is 0 Å². The SMILES string of the molecule is N#C[C@@]1(O)CCN(c2ccnc(NC(=O)NCc3nc4ccccc4o3)c2)C1=O. The van der Waals surface area contributed by atoms with Crippen molar-refractivity contribution in [3.63, 3.8) is 0 Å². The van der Waals surface area contributed by atoms with E-state index in [-0.39, 0.29) is 25.3 Å². The first-order valence-corrected chi connectivity index (χ1v) is 8.79. The Hall–Kier alpha value is -3.97. The first-order valence-electron chi connectivity index (χ1n) is 8.79. The van der Waals surface area contributed by atoms with Crippen LogP contribution in [0, 0.1) is 11.3 Å². The molecule has 3 amide bonds. The molecule has 0 saturated carbocycles. The van der Waals surface area contributed by atoms with E-state index in [2.05, 4.69) is 20.6 Å². The maximum atomic E-state index is 12.2. The number of aliphatic hydroxyl groups is 1. The summed E-state index contributed by atoms with van der Waals surface area (Å²) in [7, 11) is 0. The third-order valence-electron chi connectivity index (χ3n) is 4.52. The fraction of sp³-hybridized carbons (Fsp3) is 0.211. The molecule has 0 bridgehead atoms. The van der Waals surface area contributed by atoms with E-state index < -0.39 is 17.5 Å². The topological polar surface area (TPSA) is 144 Å². The number of aromatic nitrogens is 2. The normalized spacial score (nSPS) is 18.6. The fourth-order valence-electron chi connectivity index (χ4n) is 3.02. The summed E-state index contributed by atoms with van der Waals surface area (Å²) in [6, 6.07) is 11.4. The van der Waals surface area contributed by atoms with Crippen LogP contribution < -0.4 is 15.5 Å². The number of hydrogen-bond donors (Lipinski definition) is 3. The van der Waals surface area contributed by atoms with Gasteiger partial charge in [-0.05, 0) is 18.2 Å². The number of nitrogens with one attached hydrogen (secondary N) is 2. The third-order valence-corrected chi connectivity index (χ3v) is 4.52. The van der Waals surface area contributed by atoms with Crippen LogP contribution in [0.3, 0.4) is 0 Å². The van der Waals surface area contributed by atoms with E-state index >= 15 is 0 Å². The molecule has 1 saturated heterocycles. The number of benzene rings is 1. The van der Waals surface area contributed by atoms with E-state index in [4.69, 9.17) is 9.68 Å². The van der Waals surface area contributed by atoms with Gasteiger partial charge in [-0.2, -0.15) is 5.26 Å². The summed E-state index contributed by atoms with van der Waals surface area (Å²) in [6.45, 7) is 0.274. The summed E-state index contributed by atoms with van der Waals surface area (Å²) in [4.78, 5) is 34.0. The highest BCUT2D eigenvalue weighted by Gasteiger charge is 2.46. The summed E-state index contributed by atoms with van der Waals surface area (Å²) in [5, 5.41) is 24.2. The van der Waals surface area contributed by atoms with Gasteiger partial charge in [-0.25, -0.2) is 14.8 Å². The lowest BCUT2D eigenvalue weighted by Crippen LogP contribution is -2.38. The molecule has 146 valence electrons. The molecular formula is C19H16N6O4. The highest BCUT2D eigenvalue weighted by atomic mass is 16.3. The zero-order valence-corrected chi connectivity index (χ0v) is 15.1. The van der Waals surface area contributed by atoms with Gasteiger partial charge >= 0.3 is 6.03 Å². The van der Waals surface area contributed by atoms with Crippen molar-refractivity contribution in [2.75, 3.05) is 16.8 Å². The molecule has 0 spiro atoms. The maximum Gasteiger partial charge on any atom is 0.320 e. The molecule has 0 aliphatic carbocycles. The number of carbonyl (C=O) groups excluding carboxylic acids is 2. The van der Waals surface area contributed by atoms with Crippen molar-refractivity contribution in [1.29, 1.82) is 5.26 Å². The highest BCUT2D eigenvalue weighted by molar-refractivity contribution is 6.04. The largest absolute Gasteiger partial charge is 0.439 e. The number of amides is 3. The number of urea groups is 1. The van der Waals surface area contributed by atoms with Crippen LogP contribution in [0.1, 0.15) is 12.3 Å². The number of fused-ring (bicyclic) bond motifs is 1. The minimum absolute atomic E-state index is 0.0123. The molecule has 0 unspecified atom stereocenters. The smallest absolute Gasteiger partial charge is 0.320 e. The predicted octanol–water partition coefficient (Wildman–Crippen LogP) is 1.54. The second-order valence-electron chi connectivity index (χ2n) is 6.46. The Bertz CT molecular complexity index is 1100. The van der Waals surface area contributed by atoms with Gasteiger partial charge in [0.1, 0.15) is 17.4 Å². The van der Waals surface area contributed by atoms with Gasteiger partial charge in [0.05, 0.1) is 6.54 Å². The minimum Gasteiger partial charge on any atom is -0.439 e. The standard InChI is InChI=1S/C19H16N6O4/c20-11-19(28)6-8-25(17(19)26)12-5-7-21-15(9-12)24-18(27)22-10-16-23-13-3-1-2-4-14(13)29-16/h1-5,7,9,28H,6,8,10H2,(H2,21,22,24,27)/t19-/m0/s1. The molecule has 3 heterocycles. The first-order chi connectivity index (χ1) is 14.0. The van der Waals surface area contributed by atoms with E-state index in [1.165, 1.54) is 17.2 Å². The molecule has 1 aliphatic heterocycles. The van der Waals surface area contributed by atoms with Gasteiger partial charge in [0, 0.05) is 30.9 Å². The van der Waals surface area contributed by atoms with Gasteiger partial charge in [0.2, 0.25) is 11.5 Å². The van der Waals surface area contributed by atoms with Crippen molar-refractivity contribution in [2.45, 2.75) is 18.6 Å². The summed E-state index contributed by atoms with van der Waals surface area (Å²) < 4.78 is 5.53. The van der Waals surface area contributed by atoms with Crippen molar-refractivity contribution in [1.82, 2.24) is 15.3 Å². The van der Waals surface area contributed by atoms with Gasteiger partial charge in [0.25, 0.3) is 5.91 Å². The van der Waals surface area contributed by atoms with Crippen molar-refractivity contribution in [3.8, 4) is 6.07 Å². The van der Waals surface area contributed by atoms with Crippen molar-refractivity contribution < 1.29 is 19.1 Å². The number of rotatable bonds is 4. The van der Waals surface area contributed by atoms with Crippen LogP contribution in [0.5, 0.6) is 0 Å². The molecule has 3 N–H and O–H groups in total. The second kappa shape index (κ2) is 7.21. The number of para-hydroxylation sites is 2. The number of oxazole rings is 1. The maximum absolute atomic E-state index is 12.2. The van der Waals surface area contributed by atoms with Crippen LogP contribution in [0.25, 0.3) is 11.1 Å². The van der Waals surface area contributed by atoms with Gasteiger partial charge in [0.15, 0.2) is 5.58 Å². The van der Waals surface area contributed by atoms with Gasteiger partial charge < -0.3 is 19.7 Å². The van der Waals surface area contributed by atoms with Gasteiger partial charge in [-0.3, -0.25) is 10.1 Å². The van der Waals surface area contributed by atoms with Crippen LogP contribution >= 0.6 is 0 Å². The zero-order valence-electron chi connectivity index (χ0n) is 15.1. The number of anilines is 2.